The molecule has 1 aromatic carbocycles. The van der Waals surface area contributed by atoms with Crippen LogP contribution in [0.2, 0.25) is 0 Å². The largest absolute Gasteiger partial charge is 0.290 e. The summed E-state index contributed by atoms with van der Waals surface area (Å²) in [4.78, 5) is 2.73. The van der Waals surface area contributed by atoms with Crippen LogP contribution in [0.3, 0.4) is 0 Å². The van der Waals surface area contributed by atoms with Gasteiger partial charge in [-0.25, -0.2) is 0 Å². The first-order chi connectivity index (χ1) is 8.86. The average Bonchev–Trinajstić information content (AvgIpc) is 2.89. The fourth-order valence-corrected chi connectivity index (χ4v) is 3.55. The Kier molecular flexibility index (Phi) is 3.51. The number of aryl methyl sites for hydroxylation is 1. The van der Waals surface area contributed by atoms with Gasteiger partial charge in [0.25, 0.3) is 0 Å². The van der Waals surface area contributed by atoms with E-state index >= 15 is 0 Å². The van der Waals surface area contributed by atoms with Crippen LogP contribution in [-0.4, -0.2) is 17.5 Å². The summed E-state index contributed by atoms with van der Waals surface area (Å²) in [6, 6.07) is 10.3. The smallest absolute Gasteiger partial charge is 0.0357 e. The fraction of sp³-hybridized carbons (Fsp3) is 0.529. The van der Waals surface area contributed by atoms with E-state index in [9.17, 15) is 0 Å². The molecule has 0 bridgehead atoms. The van der Waals surface area contributed by atoms with Crippen LogP contribution in [0.4, 0.5) is 0 Å². The summed E-state index contributed by atoms with van der Waals surface area (Å²) >= 11 is 0. The van der Waals surface area contributed by atoms with Crippen molar-refractivity contribution in [2.45, 2.75) is 51.1 Å². The zero-order valence-corrected chi connectivity index (χ0v) is 11.3. The van der Waals surface area contributed by atoms with Gasteiger partial charge in [-0.15, -0.1) is 0 Å². The minimum Gasteiger partial charge on any atom is -0.290 e. The van der Waals surface area contributed by atoms with Gasteiger partial charge in [-0.05, 0) is 56.7 Å². The lowest BCUT2D eigenvalue weighted by Gasteiger charge is -2.33. The molecule has 96 valence electrons. The van der Waals surface area contributed by atoms with Gasteiger partial charge < -0.3 is 0 Å². The van der Waals surface area contributed by atoms with E-state index in [-0.39, 0.29) is 0 Å². The number of rotatable bonds is 2. The molecule has 1 nitrogen and oxygen atoms in total. The van der Waals surface area contributed by atoms with Crippen molar-refractivity contribution in [1.29, 1.82) is 0 Å². The predicted molar refractivity (Wildman–Crippen MR) is 76.6 cm³/mol. The Hall–Kier alpha value is -1.08. The molecule has 1 aromatic rings. The summed E-state index contributed by atoms with van der Waals surface area (Å²) in [5.41, 5.74) is 3.00. The summed E-state index contributed by atoms with van der Waals surface area (Å²) < 4.78 is 0. The molecule has 1 aliphatic carbocycles. The maximum Gasteiger partial charge on any atom is 0.0357 e. The summed E-state index contributed by atoms with van der Waals surface area (Å²) in [5, 5.41) is 0. The standard InChI is InChI=1S/C17H23N/c1-14-8-5-6-11-16(14)17-12-7-13-18(17)15-9-3-2-4-10-15/h3,5-6,8-9,11,15,17H,2,4,7,10,12-13H2,1H3. The van der Waals surface area contributed by atoms with Crippen LogP contribution >= 0.6 is 0 Å². The van der Waals surface area contributed by atoms with E-state index in [1.165, 1.54) is 44.2 Å². The van der Waals surface area contributed by atoms with Crippen LogP contribution in [0.25, 0.3) is 0 Å². The van der Waals surface area contributed by atoms with Crippen LogP contribution in [0.5, 0.6) is 0 Å². The van der Waals surface area contributed by atoms with E-state index in [1.807, 2.05) is 0 Å². The molecular formula is C17H23N. The molecule has 1 aliphatic heterocycles. The first-order valence-electron chi connectivity index (χ1n) is 7.34. The van der Waals surface area contributed by atoms with Crippen molar-refractivity contribution in [1.82, 2.24) is 4.90 Å². The Morgan fingerprint density at radius 1 is 1.11 bits per heavy atom. The number of hydrogen-bond acceptors (Lipinski definition) is 1. The first-order valence-corrected chi connectivity index (χ1v) is 7.34. The summed E-state index contributed by atoms with van der Waals surface area (Å²) in [7, 11) is 0. The Morgan fingerprint density at radius 2 is 2.00 bits per heavy atom. The third-order valence-electron chi connectivity index (χ3n) is 4.50. The van der Waals surface area contributed by atoms with Crippen molar-refractivity contribution < 1.29 is 0 Å². The van der Waals surface area contributed by atoms with Gasteiger partial charge in [0.2, 0.25) is 0 Å². The Labute approximate surface area is 111 Å². The summed E-state index contributed by atoms with van der Waals surface area (Å²) in [5.74, 6) is 0. The molecule has 1 saturated heterocycles. The SMILES string of the molecule is Cc1ccccc1C1CCCN1C1C=CCCC1. The number of nitrogens with zero attached hydrogens (tertiary/aromatic N) is 1. The summed E-state index contributed by atoms with van der Waals surface area (Å²) in [6.07, 6.45) is 11.5. The molecule has 2 atom stereocenters. The van der Waals surface area contributed by atoms with Crippen LogP contribution in [0.15, 0.2) is 36.4 Å². The molecule has 2 aliphatic rings. The topological polar surface area (TPSA) is 3.24 Å². The first kappa shape index (κ1) is 12.0. The van der Waals surface area contributed by atoms with E-state index in [1.54, 1.807) is 5.56 Å². The summed E-state index contributed by atoms with van der Waals surface area (Å²) in [6.45, 7) is 3.52. The molecule has 0 N–H and O–H groups in total. The Morgan fingerprint density at radius 3 is 2.78 bits per heavy atom. The van der Waals surface area contributed by atoms with E-state index in [0.717, 1.165) is 0 Å². The highest BCUT2D eigenvalue weighted by atomic mass is 15.2. The molecule has 0 saturated carbocycles. The maximum atomic E-state index is 2.73. The minimum atomic E-state index is 0.652. The van der Waals surface area contributed by atoms with Gasteiger partial charge in [-0.2, -0.15) is 0 Å². The normalized spacial score (nSPS) is 28.7. The number of likely N-dealkylation sites (tertiary alicyclic amines) is 1. The molecule has 1 heterocycles. The Bertz CT molecular complexity index is 435. The van der Waals surface area contributed by atoms with Crippen molar-refractivity contribution in [2.75, 3.05) is 6.54 Å². The molecule has 0 amide bonds. The van der Waals surface area contributed by atoms with Gasteiger partial charge >= 0.3 is 0 Å². The second kappa shape index (κ2) is 5.27. The zero-order valence-electron chi connectivity index (χ0n) is 11.3. The van der Waals surface area contributed by atoms with Gasteiger partial charge in [0.05, 0.1) is 0 Å². The van der Waals surface area contributed by atoms with Gasteiger partial charge in [0, 0.05) is 12.1 Å². The second-order valence-corrected chi connectivity index (χ2v) is 5.68. The Balaban J connectivity index is 1.85. The third kappa shape index (κ3) is 2.24. The van der Waals surface area contributed by atoms with Crippen molar-refractivity contribution in [3.8, 4) is 0 Å². The van der Waals surface area contributed by atoms with E-state index in [2.05, 4.69) is 48.2 Å². The van der Waals surface area contributed by atoms with Gasteiger partial charge in [-0.1, -0.05) is 36.4 Å². The number of benzene rings is 1. The van der Waals surface area contributed by atoms with Crippen molar-refractivity contribution in [2.24, 2.45) is 0 Å². The molecule has 3 rings (SSSR count). The molecule has 18 heavy (non-hydrogen) atoms. The maximum absolute atomic E-state index is 2.73. The minimum absolute atomic E-state index is 0.652. The van der Waals surface area contributed by atoms with Crippen LogP contribution in [-0.2, 0) is 0 Å². The molecule has 1 fully saturated rings. The van der Waals surface area contributed by atoms with Crippen LogP contribution in [0.1, 0.15) is 49.3 Å². The quantitative estimate of drug-likeness (QED) is 0.700. The highest BCUT2D eigenvalue weighted by Gasteiger charge is 2.31. The second-order valence-electron chi connectivity index (χ2n) is 5.68. The van der Waals surface area contributed by atoms with Crippen molar-refractivity contribution >= 4 is 0 Å². The van der Waals surface area contributed by atoms with E-state index < -0.39 is 0 Å². The van der Waals surface area contributed by atoms with Gasteiger partial charge in [0.15, 0.2) is 0 Å². The van der Waals surface area contributed by atoms with Crippen molar-refractivity contribution in [3.05, 3.63) is 47.5 Å². The van der Waals surface area contributed by atoms with Crippen molar-refractivity contribution in [3.63, 3.8) is 0 Å². The fourth-order valence-electron chi connectivity index (χ4n) is 3.55. The average molecular weight is 241 g/mol. The lowest BCUT2D eigenvalue weighted by atomic mass is 9.96. The molecule has 0 spiro atoms. The highest BCUT2D eigenvalue weighted by molar-refractivity contribution is 5.30. The number of hydrogen-bond donors (Lipinski definition) is 0. The monoisotopic (exact) mass is 241 g/mol. The zero-order chi connectivity index (χ0) is 12.4. The van der Waals surface area contributed by atoms with E-state index in [4.69, 9.17) is 0 Å². The lowest BCUT2D eigenvalue weighted by Crippen LogP contribution is -2.34. The van der Waals surface area contributed by atoms with Crippen LogP contribution in [0, 0.1) is 6.92 Å². The molecular weight excluding hydrogens is 218 g/mol. The third-order valence-corrected chi connectivity index (χ3v) is 4.50. The molecule has 1 heteroatoms. The van der Waals surface area contributed by atoms with E-state index in [0.29, 0.717) is 12.1 Å². The highest BCUT2D eigenvalue weighted by Crippen LogP contribution is 2.37. The lowest BCUT2D eigenvalue weighted by molar-refractivity contribution is 0.197. The molecule has 0 radical (unpaired) electrons. The molecule has 2 unspecified atom stereocenters. The predicted octanol–water partition coefficient (Wildman–Crippen LogP) is 4.24. The number of allylic oxidation sites excluding steroid dienone is 1. The van der Waals surface area contributed by atoms with Gasteiger partial charge in [0.1, 0.15) is 0 Å². The van der Waals surface area contributed by atoms with Crippen LogP contribution < -0.4 is 0 Å². The molecule has 0 aromatic heterocycles. The van der Waals surface area contributed by atoms with Gasteiger partial charge in [-0.3, -0.25) is 4.90 Å².